The zero-order valence-corrected chi connectivity index (χ0v) is 13.6. The lowest BCUT2D eigenvalue weighted by molar-refractivity contribution is -0.120. The third-order valence-electron chi connectivity index (χ3n) is 3.51. The Hall–Kier alpha value is -1.30. The zero-order chi connectivity index (χ0) is 15.8. The first-order chi connectivity index (χ1) is 10.6. The van der Waals surface area contributed by atoms with Gasteiger partial charge in [0.05, 0.1) is 13.2 Å². The number of rotatable bonds is 7. The fourth-order valence-electron chi connectivity index (χ4n) is 2.19. The number of ether oxygens (including phenoxy) is 2. The first-order valence-electron chi connectivity index (χ1n) is 7.59. The molecular formula is C16H23ClN2O3. The topological polar surface area (TPSA) is 50.8 Å². The number of carbonyl (C=O) groups is 1. The number of benzene rings is 1. The maximum absolute atomic E-state index is 11.5. The van der Waals surface area contributed by atoms with Gasteiger partial charge in [0.15, 0.2) is 0 Å². The van der Waals surface area contributed by atoms with E-state index < -0.39 is 5.38 Å². The van der Waals surface area contributed by atoms with Gasteiger partial charge in [-0.1, -0.05) is 12.1 Å². The normalized spacial score (nSPS) is 17.0. The van der Waals surface area contributed by atoms with Crippen molar-refractivity contribution in [1.82, 2.24) is 10.2 Å². The van der Waals surface area contributed by atoms with E-state index >= 15 is 0 Å². The average molecular weight is 327 g/mol. The summed E-state index contributed by atoms with van der Waals surface area (Å²) in [6.07, 6.45) is 0. The van der Waals surface area contributed by atoms with Crippen LogP contribution in [0, 0.1) is 0 Å². The summed E-state index contributed by atoms with van der Waals surface area (Å²) in [7, 11) is 0. The maximum atomic E-state index is 11.5. The van der Waals surface area contributed by atoms with Crippen LogP contribution in [0.5, 0.6) is 5.75 Å². The van der Waals surface area contributed by atoms with Gasteiger partial charge in [-0.25, -0.2) is 0 Å². The number of hydrogen-bond donors (Lipinski definition) is 1. The molecule has 0 aromatic heterocycles. The number of morpholine rings is 1. The van der Waals surface area contributed by atoms with Gasteiger partial charge in [0.2, 0.25) is 5.91 Å². The Morgan fingerprint density at radius 2 is 2.23 bits per heavy atom. The Labute approximate surface area is 136 Å². The molecule has 2 rings (SSSR count). The van der Waals surface area contributed by atoms with E-state index in [2.05, 4.69) is 10.2 Å². The molecule has 0 bridgehead atoms. The molecule has 1 heterocycles. The predicted molar refractivity (Wildman–Crippen MR) is 86.4 cm³/mol. The van der Waals surface area contributed by atoms with Crippen molar-refractivity contribution in [3.63, 3.8) is 0 Å². The van der Waals surface area contributed by atoms with Crippen LogP contribution in [0.15, 0.2) is 24.3 Å². The Morgan fingerprint density at radius 1 is 1.45 bits per heavy atom. The number of nitrogens with one attached hydrogen (secondary N) is 1. The molecule has 1 N–H and O–H groups in total. The van der Waals surface area contributed by atoms with Crippen molar-refractivity contribution in [3.05, 3.63) is 29.8 Å². The van der Waals surface area contributed by atoms with Crippen LogP contribution < -0.4 is 10.1 Å². The van der Waals surface area contributed by atoms with Gasteiger partial charge in [0.1, 0.15) is 17.7 Å². The molecule has 1 aliphatic rings. The summed E-state index contributed by atoms with van der Waals surface area (Å²) >= 11 is 5.72. The van der Waals surface area contributed by atoms with E-state index in [1.54, 1.807) is 6.92 Å². The van der Waals surface area contributed by atoms with Gasteiger partial charge in [-0.05, 0) is 24.6 Å². The molecular weight excluding hydrogens is 304 g/mol. The van der Waals surface area contributed by atoms with Crippen LogP contribution in [0.1, 0.15) is 12.5 Å². The summed E-state index contributed by atoms with van der Waals surface area (Å²) in [4.78, 5) is 13.8. The van der Waals surface area contributed by atoms with Gasteiger partial charge >= 0.3 is 0 Å². The Morgan fingerprint density at radius 3 is 2.95 bits per heavy atom. The highest BCUT2D eigenvalue weighted by atomic mass is 35.5. The number of carbonyl (C=O) groups excluding carboxylic acids is 1. The van der Waals surface area contributed by atoms with Crippen molar-refractivity contribution < 1.29 is 14.3 Å². The molecule has 0 aliphatic carbocycles. The van der Waals surface area contributed by atoms with Gasteiger partial charge in [-0.15, -0.1) is 11.6 Å². The second-order valence-corrected chi connectivity index (χ2v) is 5.94. The van der Waals surface area contributed by atoms with Crippen LogP contribution >= 0.6 is 11.6 Å². The number of nitrogens with zero attached hydrogens (tertiary/aromatic N) is 1. The van der Waals surface area contributed by atoms with Crippen molar-refractivity contribution in [2.45, 2.75) is 18.8 Å². The van der Waals surface area contributed by atoms with Crippen LogP contribution in [-0.2, 0) is 16.1 Å². The molecule has 22 heavy (non-hydrogen) atoms. The number of alkyl halides is 1. The van der Waals surface area contributed by atoms with Crippen LogP contribution in [-0.4, -0.2) is 55.6 Å². The van der Waals surface area contributed by atoms with Crippen LogP contribution in [0.2, 0.25) is 0 Å². The summed E-state index contributed by atoms with van der Waals surface area (Å²) in [5.74, 6) is 0.652. The minimum atomic E-state index is -0.520. The largest absolute Gasteiger partial charge is 0.492 e. The van der Waals surface area contributed by atoms with Crippen molar-refractivity contribution >= 4 is 17.5 Å². The summed E-state index contributed by atoms with van der Waals surface area (Å²) < 4.78 is 11.1. The Balaban J connectivity index is 1.74. The molecule has 1 aromatic carbocycles. The van der Waals surface area contributed by atoms with Gasteiger partial charge in [0.25, 0.3) is 0 Å². The first-order valence-corrected chi connectivity index (χ1v) is 8.02. The number of amides is 1. The number of hydrogen-bond acceptors (Lipinski definition) is 4. The molecule has 1 saturated heterocycles. The van der Waals surface area contributed by atoms with Crippen molar-refractivity contribution in [3.8, 4) is 5.75 Å². The third kappa shape index (κ3) is 5.83. The van der Waals surface area contributed by atoms with Crippen LogP contribution in [0.4, 0.5) is 0 Å². The molecule has 6 heteroatoms. The zero-order valence-electron chi connectivity index (χ0n) is 12.9. The predicted octanol–water partition coefficient (Wildman–Crippen LogP) is 1.64. The molecule has 0 spiro atoms. The summed E-state index contributed by atoms with van der Waals surface area (Å²) in [6.45, 7) is 7.18. The monoisotopic (exact) mass is 326 g/mol. The van der Waals surface area contributed by atoms with E-state index in [-0.39, 0.29) is 5.91 Å². The maximum Gasteiger partial charge on any atom is 0.238 e. The second-order valence-electron chi connectivity index (χ2n) is 5.28. The van der Waals surface area contributed by atoms with Crippen molar-refractivity contribution in [2.24, 2.45) is 0 Å². The highest BCUT2D eigenvalue weighted by Crippen LogP contribution is 2.13. The SMILES string of the molecule is CC(Cl)C(=O)NCc1cccc(OCCN2CCOCC2)c1. The average Bonchev–Trinajstić information content (AvgIpc) is 2.54. The van der Waals surface area contributed by atoms with E-state index in [1.165, 1.54) is 0 Å². The van der Waals surface area contributed by atoms with Gasteiger partial charge < -0.3 is 14.8 Å². The third-order valence-corrected chi connectivity index (χ3v) is 3.70. The lowest BCUT2D eigenvalue weighted by Crippen LogP contribution is -2.38. The molecule has 1 fully saturated rings. The van der Waals surface area contributed by atoms with E-state index in [0.29, 0.717) is 13.2 Å². The molecule has 1 aliphatic heterocycles. The molecule has 1 atom stereocenters. The molecule has 122 valence electrons. The highest BCUT2D eigenvalue weighted by Gasteiger charge is 2.10. The van der Waals surface area contributed by atoms with Crippen LogP contribution in [0.3, 0.4) is 0 Å². The molecule has 1 amide bonds. The molecule has 1 aromatic rings. The summed E-state index contributed by atoms with van der Waals surface area (Å²) in [6, 6.07) is 7.75. The summed E-state index contributed by atoms with van der Waals surface area (Å²) in [5, 5.41) is 2.26. The van der Waals surface area contributed by atoms with E-state index in [9.17, 15) is 4.79 Å². The Bertz CT molecular complexity index is 476. The second kappa shape index (κ2) is 8.98. The van der Waals surface area contributed by atoms with E-state index in [4.69, 9.17) is 21.1 Å². The summed E-state index contributed by atoms with van der Waals surface area (Å²) in [5.41, 5.74) is 0.995. The fraction of sp³-hybridized carbons (Fsp3) is 0.562. The molecule has 5 nitrogen and oxygen atoms in total. The standard InChI is InChI=1S/C16H23ClN2O3/c1-13(17)16(20)18-12-14-3-2-4-15(11-14)22-10-7-19-5-8-21-9-6-19/h2-4,11,13H,5-10,12H2,1H3,(H,18,20). The van der Waals surface area contributed by atoms with E-state index in [1.807, 2.05) is 24.3 Å². The van der Waals surface area contributed by atoms with Crippen LogP contribution in [0.25, 0.3) is 0 Å². The van der Waals surface area contributed by atoms with E-state index in [0.717, 1.165) is 44.2 Å². The number of halogens is 1. The molecule has 1 unspecified atom stereocenters. The van der Waals surface area contributed by atoms with Gasteiger partial charge in [0, 0.05) is 26.2 Å². The molecule has 0 radical (unpaired) electrons. The lowest BCUT2D eigenvalue weighted by Gasteiger charge is -2.26. The Kier molecular flexibility index (Phi) is 6.96. The van der Waals surface area contributed by atoms with Crippen molar-refractivity contribution in [1.29, 1.82) is 0 Å². The quantitative estimate of drug-likeness (QED) is 0.774. The lowest BCUT2D eigenvalue weighted by atomic mass is 10.2. The fourth-order valence-corrected chi connectivity index (χ4v) is 2.27. The smallest absolute Gasteiger partial charge is 0.238 e. The van der Waals surface area contributed by atoms with Gasteiger partial charge in [-0.3, -0.25) is 9.69 Å². The minimum absolute atomic E-state index is 0.166. The van der Waals surface area contributed by atoms with Crippen molar-refractivity contribution in [2.75, 3.05) is 39.5 Å². The molecule has 0 saturated carbocycles. The van der Waals surface area contributed by atoms with Gasteiger partial charge in [-0.2, -0.15) is 0 Å². The minimum Gasteiger partial charge on any atom is -0.492 e. The first kappa shape index (κ1) is 17.1. The highest BCUT2D eigenvalue weighted by molar-refractivity contribution is 6.30.